The van der Waals surface area contributed by atoms with E-state index in [2.05, 4.69) is 249 Å². The third kappa shape index (κ3) is 9.66. The average molecular weight is 1130 g/mol. The smallest absolute Gasteiger partial charge is 0.135 e. The van der Waals surface area contributed by atoms with Crippen LogP contribution in [0.1, 0.15) is 117 Å². The Morgan fingerprint density at radius 2 is 1.18 bits per heavy atom. The minimum Gasteiger partial charge on any atom is -0.509 e. The number of ether oxygens (including phenoxy) is 1. The Kier molecular flexibility index (Phi) is 14.0. The third-order valence-electron chi connectivity index (χ3n) is 14.1. The minimum atomic E-state index is -0.0387. The summed E-state index contributed by atoms with van der Waals surface area (Å²) in [6, 6.07) is 60.2. The molecule has 2 aromatic heterocycles. The topological polar surface area (TPSA) is 33.5 Å². The van der Waals surface area contributed by atoms with Crippen molar-refractivity contribution in [1.29, 1.82) is 0 Å². The van der Waals surface area contributed by atoms with E-state index in [0.29, 0.717) is 11.5 Å². The molecule has 7 aromatic carbocycles. The molecule has 0 amide bonds. The summed E-state index contributed by atoms with van der Waals surface area (Å²) in [4.78, 5) is 9.61. The van der Waals surface area contributed by atoms with E-state index >= 15 is 0 Å². The quantitative estimate of drug-likeness (QED) is 0.121. The molecule has 9 aromatic rings. The van der Waals surface area contributed by atoms with Crippen LogP contribution in [0.2, 0.25) is 0 Å². The Hall–Kier alpha value is -6.42. The van der Waals surface area contributed by atoms with Crippen LogP contribution in [0.15, 0.2) is 152 Å². The van der Waals surface area contributed by atoms with Crippen LogP contribution in [-0.4, -0.2) is 9.55 Å². The van der Waals surface area contributed by atoms with Gasteiger partial charge in [-0.2, -0.15) is 12.1 Å². The molecule has 0 fully saturated rings. The SMILES string of the molecule is CCCc1ccc2c(c1CCC)c1ccc(Oc3[c-]c(N4[CH-]N(c5c(-c6ccccc6)cccc5-c5cc(C(C)(C)C)cc(C(C)(C)C)c5)c5ccccc54)ccc3)[c-]c1n2-c1cc(C(C)(C)C)ccn1.[Pt]. The molecule has 1 aliphatic heterocycles. The summed E-state index contributed by atoms with van der Waals surface area (Å²) >= 11 is 0. The Morgan fingerprint density at radius 1 is 0.556 bits per heavy atom. The Morgan fingerprint density at radius 3 is 1.85 bits per heavy atom. The van der Waals surface area contributed by atoms with Crippen LogP contribution in [0, 0.1) is 18.8 Å². The molecule has 5 nitrogen and oxygen atoms in total. The predicted octanol–water partition coefficient (Wildman–Crippen LogP) is 18.1. The summed E-state index contributed by atoms with van der Waals surface area (Å²) in [5.74, 6) is 2.11. The normalized spacial score (nSPS) is 12.9. The molecular formula is C66H67N4OPt-3. The van der Waals surface area contributed by atoms with Gasteiger partial charge in [-0.3, -0.25) is 0 Å². The number of benzene rings is 7. The van der Waals surface area contributed by atoms with Gasteiger partial charge in [0, 0.05) is 72.5 Å². The van der Waals surface area contributed by atoms with Crippen LogP contribution in [-0.2, 0) is 50.2 Å². The summed E-state index contributed by atoms with van der Waals surface area (Å²) in [7, 11) is 0. The van der Waals surface area contributed by atoms with Gasteiger partial charge in [0.25, 0.3) is 0 Å². The molecule has 3 heterocycles. The molecule has 1 aliphatic rings. The van der Waals surface area contributed by atoms with Crippen molar-refractivity contribution in [3.8, 4) is 39.6 Å². The zero-order valence-electron chi connectivity index (χ0n) is 43.9. The summed E-state index contributed by atoms with van der Waals surface area (Å²) in [6.07, 6.45) is 6.17. The van der Waals surface area contributed by atoms with E-state index in [1.54, 1.807) is 0 Å². The van der Waals surface area contributed by atoms with Gasteiger partial charge >= 0.3 is 0 Å². The fourth-order valence-electron chi connectivity index (χ4n) is 10.2. The number of hydrogen-bond donors (Lipinski definition) is 0. The van der Waals surface area contributed by atoms with Gasteiger partial charge in [0.15, 0.2) is 0 Å². The van der Waals surface area contributed by atoms with Crippen molar-refractivity contribution < 1.29 is 25.8 Å². The second kappa shape index (κ2) is 19.9. The van der Waals surface area contributed by atoms with Crippen molar-refractivity contribution in [1.82, 2.24) is 9.55 Å². The average Bonchev–Trinajstić information content (AvgIpc) is 3.90. The summed E-state index contributed by atoms with van der Waals surface area (Å²) in [5.41, 5.74) is 17.5. The van der Waals surface area contributed by atoms with Gasteiger partial charge in [-0.25, -0.2) is 4.98 Å². The van der Waals surface area contributed by atoms with E-state index in [9.17, 15) is 0 Å². The number of anilines is 4. The van der Waals surface area contributed by atoms with Gasteiger partial charge in [0.05, 0.1) is 0 Å². The molecule has 10 rings (SSSR count). The number of fused-ring (bicyclic) bond motifs is 4. The number of rotatable bonds is 11. The van der Waals surface area contributed by atoms with Gasteiger partial charge in [-0.15, -0.1) is 48.1 Å². The number of aryl methyl sites for hydroxylation is 2. The van der Waals surface area contributed by atoms with Gasteiger partial charge in [0.2, 0.25) is 0 Å². The first-order valence-corrected chi connectivity index (χ1v) is 25.6. The molecular weight excluding hydrogens is 1060 g/mol. The van der Waals surface area contributed by atoms with Crippen molar-refractivity contribution >= 4 is 44.6 Å². The summed E-state index contributed by atoms with van der Waals surface area (Å²) in [5, 5.41) is 2.45. The van der Waals surface area contributed by atoms with E-state index in [-0.39, 0.29) is 37.3 Å². The zero-order valence-corrected chi connectivity index (χ0v) is 46.1. The van der Waals surface area contributed by atoms with Crippen molar-refractivity contribution in [2.45, 2.75) is 118 Å². The fourth-order valence-corrected chi connectivity index (χ4v) is 10.2. The molecule has 0 saturated heterocycles. The molecule has 0 aliphatic carbocycles. The van der Waals surface area contributed by atoms with Crippen molar-refractivity contribution in [2.24, 2.45) is 0 Å². The summed E-state index contributed by atoms with van der Waals surface area (Å²) < 4.78 is 9.11. The molecule has 0 N–H and O–H groups in total. The standard InChI is InChI=1S/C66H67N4O.Pt/c1-12-21-44-31-34-59-62(53(44)22-13-2)56-33-32-52(42-60(56)70(59)61-40-47(35-36-67-61)64(3,4)5)71-51-26-19-25-50(41-51)68-43-69(58-30-18-17-29-57(58)68)63-54(45-23-15-14-16-24-45)27-20-28-55(63)46-37-48(65(6,7)8)39-49(38-46)66(9,10)11;/h14-20,23-40,43H,12-13,21-22H2,1-11H3;/q-3;. The van der Waals surface area contributed by atoms with Crippen molar-refractivity contribution in [3.05, 3.63) is 198 Å². The molecule has 6 heteroatoms. The van der Waals surface area contributed by atoms with Crippen LogP contribution >= 0.6 is 0 Å². The van der Waals surface area contributed by atoms with Gasteiger partial charge in [-0.05, 0) is 104 Å². The molecule has 0 unspecified atom stereocenters. The molecule has 0 radical (unpaired) electrons. The van der Waals surface area contributed by atoms with E-state index in [0.717, 1.165) is 81.8 Å². The van der Waals surface area contributed by atoms with Crippen LogP contribution in [0.3, 0.4) is 0 Å². The first kappa shape index (κ1) is 50.5. The molecule has 370 valence electrons. The van der Waals surface area contributed by atoms with E-state index in [1.165, 1.54) is 44.3 Å². The number of aromatic nitrogens is 2. The maximum absolute atomic E-state index is 6.82. The second-order valence-corrected chi connectivity index (χ2v) is 22.4. The van der Waals surface area contributed by atoms with Crippen molar-refractivity contribution in [2.75, 3.05) is 9.80 Å². The van der Waals surface area contributed by atoms with Gasteiger partial charge < -0.3 is 19.1 Å². The zero-order chi connectivity index (χ0) is 49.8. The van der Waals surface area contributed by atoms with Gasteiger partial charge in [-0.1, -0.05) is 179 Å². The minimum absolute atomic E-state index is 0. The summed E-state index contributed by atoms with van der Waals surface area (Å²) in [6.45, 7) is 27.4. The van der Waals surface area contributed by atoms with E-state index in [1.807, 2.05) is 12.3 Å². The van der Waals surface area contributed by atoms with Crippen molar-refractivity contribution in [3.63, 3.8) is 0 Å². The first-order chi connectivity index (χ1) is 34.0. The second-order valence-electron chi connectivity index (χ2n) is 22.4. The van der Waals surface area contributed by atoms with Crippen LogP contribution in [0.5, 0.6) is 11.5 Å². The number of hydrogen-bond acceptors (Lipinski definition) is 4. The third-order valence-corrected chi connectivity index (χ3v) is 14.1. The largest absolute Gasteiger partial charge is 0.509 e. The number of pyridine rings is 1. The fraction of sp³-hybridized carbons (Fsp3) is 0.273. The molecule has 0 atom stereocenters. The monoisotopic (exact) mass is 1130 g/mol. The number of para-hydroxylation sites is 3. The van der Waals surface area contributed by atoms with E-state index < -0.39 is 0 Å². The molecule has 0 spiro atoms. The predicted molar refractivity (Wildman–Crippen MR) is 299 cm³/mol. The molecule has 0 bridgehead atoms. The number of nitrogens with zero attached hydrogens (tertiary/aromatic N) is 4. The van der Waals surface area contributed by atoms with E-state index in [4.69, 9.17) is 9.72 Å². The Balaban J connectivity index is 0.00000640. The van der Waals surface area contributed by atoms with Gasteiger partial charge in [0.1, 0.15) is 5.82 Å². The first-order valence-electron chi connectivity index (χ1n) is 25.6. The van der Waals surface area contributed by atoms with Crippen LogP contribution in [0.25, 0.3) is 49.9 Å². The molecule has 72 heavy (non-hydrogen) atoms. The van der Waals surface area contributed by atoms with Crippen LogP contribution in [0.4, 0.5) is 22.7 Å². The molecule has 0 saturated carbocycles. The Labute approximate surface area is 443 Å². The van der Waals surface area contributed by atoms with Crippen LogP contribution < -0.4 is 14.5 Å². The Bertz CT molecular complexity index is 3390. The maximum Gasteiger partial charge on any atom is 0.135 e. The maximum atomic E-state index is 6.82.